The summed E-state index contributed by atoms with van der Waals surface area (Å²) in [5, 5.41) is 0. The first kappa shape index (κ1) is 16.1. The maximum absolute atomic E-state index is 2.42. The van der Waals surface area contributed by atoms with E-state index in [9.17, 15) is 0 Å². The average molecular weight is 369 g/mol. The lowest BCUT2D eigenvalue weighted by Gasteiger charge is -2.25. The Morgan fingerprint density at radius 2 is 0.727 bits per heavy atom. The van der Waals surface area contributed by atoms with Crippen molar-refractivity contribution < 1.29 is 0 Å². The molecule has 2 aliphatic carbocycles. The van der Waals surface area contributed by atoms with E-state index in [1.54, 1.807) is 28.1 Å². The molecule has 120 valence electrons. The van der Waals surface area contributed by atoms with Crippen LogP contribution >= 0.6 is 47.0 Å². The van der Waals surface area contributed by atoms with Crippen molar-refractivity contribution in [2.45, 2.75) is 53.4 Å². The van der Waals surface area contributed by atoms with Crippen LogP contribution in [0.25, 0.3) is 0 Å². The summed E-state index contributed by atoms with van der Waals surface area (Å²) in [7, 11) is 0. The summed E-state index contributed by atoms with van der Waals surface area (Å²) in [4.78, 5) is 6.74. The highest BCUT2D eigenvalue weighted by atomic mass is 32.2. The van der Waals surface area contributed by atoms with Crippen LogP contribution in [0.4, 0.5) is 0 Å². The van der Waals surface area contributed by atoms with Gasteiger partial charge in [-0.1, -0.05) is 74.7 Å². The van der Waals surface area contributed by atoms with Crippen LogP contribution in [-0.2, 0) is 0 Å². The minimum absolute atomic E-state index is 0.855. The van der Waals surface area contributed by atoms with Gasteiger partial charge in [-0.3, -0.25) is 0 Å². The van der Waals surface area contributed by atoms with Crippen LogP contribution in [-0.4, -0.2) is 0 Å². The third-order valence-corrected chi connectivity index (χ3v) is 11.6. The summed E-state index contributed by atoms with van der Waals surface area (Å²) in [6, 6.07) is 0. The number of hydrogen-bond acceptors (Lipinski definition) is 4. The fourth-order valence-corrected chi connectivity index (χ4v) is 9.92. The van der Waals surface area contributed by atoms with E-state index in [0.717, 1.165) is 23.7 Å². The molecule has 0 saturated carbocycles. The molecule has 0 saturated heterocycles. The summed E-state index contributed by atoms with van der Waals surface area (Å²) in [6.45, 7) is 9.69. The zero-order valence-corrected chi connectivity index (χ0v) is 17.0. The third-order valence-electron chi connectivity index (χ3n) is 5.62. The van der Waals surface area contributed by atoms with E-state index in [1.807, 2.05) is 0 Å². The smallest absolute Gasteiger partial charge is 0.0700 e. The van der Waals surface area contributed by atoms with Gasteiger partial charge in [0.25, 0.3) is 0 Å². The van der Waals surface area contributed by atoms with E-state index < -0.39 is 0 Å². The van der Waals surface area contributed by atoms with Gasteiger partial charge < -0.3 is 0 Å². The van der Waals surface area contributed by atoms with Crippen LogP contribution in [0, 0.1) is 23.7 Å². The highest BCUT2D eigenvalue weighted by Gasteiger charge is 2.36. The van der Waals surface area contributed by atoms with Gasteiger partial charge in [-0.05, 0) is 49.4 Å². The fourth-order valence-electron chi connectivity index (χ4n) is 3.48. The monoisotopic (exact) mass is 368 g/mol. The van der Waals surface area contributed by atoms with Crippen molar-refractivity contribution in [3.63, 3.8) is 0 Å². The molecule has 0 aromatic rings. The van der Waals surface area contributed by atoms with Crippen LogP contribution in [0.2, 0.25) is 0 Å². The lowest BCUT2D eigenvalue weighted by molar-refractivity contribution is 0.374. The Hall–Kier alpha value is 0.620. The zero-order valence-electron chi connectivity index (χ0n) is 13.8. The van der Waals surface area contributed by atoms with Gasteiger partial charge in [-0.2, -0.15) is 0 Å². The second-order valence-corrected chi connectivity index (χ2v) is 12.3. The zero-order chi connectivity index (χ0) is 15.4. The quantitative estimate of drug-likeness (QED) is 0.431. The lowest BCUT2D eigenvalue weighted by atomic mass is 9.86. The van der Waals surface area contributed by atoms with Gasteiger partial charge in [-0.25, -0.2) is 0 Å². The summed E-state index contributed by atoms with van der Waals surface area (Å²) < 4.78 is 3.19. The lowest BCUT2D eigenvalue weighted by Crippen LogP contribution is -2.13. The molecule has 2 heterocycles. The van der Waals surface area contributed by atoms with Crippen LogP contribution in [0.1, 0.15) is 53.4 Å². The van der Waals surface area contributed by atoms with Crippen LogP contribution in [0.3, 0.4) is 0 Å². The summed E-state index contributed by atoms with van der Waals surface area (Å²) in [6.07, 6.45) is 5.23. The molecule has 4 heteroatoms. The Bertz CT molecular complexity index is 498. The first-order valence-corrected chi connectivity index (χ1v) is 11.7. The predicted octanol–water partition coefficient (Wildman–Crippen LogP) is 7.63. The first-order chi connectivity index (χ1) is 10.5. The molecule has 0 bridgehead atoms. The van der Waals surface area contributed by atoms with Gasteiger partial charge in [0.05, 0.1) is 8.47 Å². The van der Waals surface area contributed by atoms with Crippen molar-refractivity contribution in [1.29, 1.82) is 0 Å². The van der Waals surface area contributed by atoms with Gasteiger partial charge in [0.1, 0.15) is 0 Å². The summed E-state index contributed by atoms with van der Waals surface area (Å²) in [5.41, 5.74) is 0. The van der Waals surface area contributed by atoms with Crippen LogP contribution < -0.4 is 0 Å². The van der Waals surface area contributed by atoms with Gasteiger partial charge >= 0.3 is 0 Å². The molecule has 0 nitrogen and oxygen atoms in total. The molecule has 4 rings (SSSR count). The van der Waals surface area contributed by atoms with E-state index in [1.165, 1.54) is 25.7 Å². The van der Waals surface area contributed by atoms with Gasteiger partial charge in [-0.15, -0.1) is 0 Å². The fraction of sp³-hybridized carbons (Fsp3) is 0.667. The highest BCUT2D eigenvalue weighted by Crippen LogP contribution is 2.65. The number of allylic oxidation sites excluding steroid dienone is 4. The normalized spacial score (nSPS) is 42.0. The second-order valence-electron chi connectivity index (χ2n) is 7.40. The SMILES string of the molecule is C[C@@H]1CC2=C(C[C@@H]1C)SC(=C1SC3=C(C[C@H](C)[C@H](C)C3)S1)S2. The molecule has 0 spiro atoms. The Balaban J connectivity index is 1.50. The molecular formula is C18H24S4. The van der Waals surface area contributed by atoms with E-state index in [0.29, 0.717) is 0 Å². The van der Waals surface area contributed by atoms with E-state index in [2.05, 4.69) is 74.7 Å². The summed E-state index contributed by atoms with van der Waals surface area (Å²) in [5.74, 6) is 3.42. The molecule has 0 aromatic heterocycles. The number of rotatable bonds is 0. The van der Waals surface area contributed by atoms with Crippen molar-refractivity contribution >= 4 is 47.0 Å². The molecule has 0 aromatic carbocycles. The minimum Gasteiger partial charge on any atom is -0.0846 e. The number of thioether (sulfide) groups is 4. The molecule has 2 aliphatic heterocycles. The molecule has 0 N–H and O–H groups in total. The third kappa shape index (κ3) is 2.87. The first-order valence-electron chi connectivity index (χ1n) is 8.41. The summed E-state index contributed by atoms with van der Waals surface area (Å²) >= 11 is 8.39. The predicted molar refractivity (Wildman–Crippen MR) is 107 cm³/mol. The van der Waals surface area contributed by atoms with E-state index >= 15 is 0 Å². The van der Waals surface area contributed by atoms with E-state index in [-0.39, 0.29) is 0 Å². The molecular weight excluding hydrogens is 344 g/mol. The molecule has 22 heavy (non-hydrogen) atoms. The molecule has 4 atom stereocenters. The standard InChI is InChI=1S/C18H24S4/c1-9-5-13-14(6-10(9)2)20-17(19-13)18-21-15-7-11(3)12(4)8-16(15)22-18/h9-12H,5-8H2,1-4H3/t9-,10+,11-,12+. The Morgan fingerprint density at radius 1 is 0.500 bits per heavy atom. The van der Waals surface area contributed by atoms with Crippen molar-refractivity contribution in [2.24, 2.45) is 23.7 Å². The van der Waals surface area contributed by atoms with Crippen molar-refractivity contribution in [1.82, 2.24) is 0 Å². The molecule has 4 aliphatic rings. The Morgan fingerprint density at radius 3 is 0.955 bits per heavy atom. The minimum atomic E-state index is 0.855. The average Bonchev–Trinajstić information content (AvgIpc) is 3.03. The maximum Gasteiger partial charge on any atom is 0.0700 e. The van der Waals surface area contributed by atoms with Crippen LogP contribution in [0.5, 0.6) is 0 Å². The Labute approximate surface area is 151 Å². The maximum atomic E-state index is 2.42. The topological polar surface area (TPSA) is 0 Å². The second kappa shape index (κ2) is 6.16. The molecule has 0 radical (unpaired) electrons. The van der Waals surface area contributed by atoms with Crippen molar-refractivity contribution in [3.05, 3.63) is 28.1 Å². The van der Waals surface area contributed by atoms with Gasteiger partial charge in [0, 0.05) is 19.6 Å². The van der Waals surface area contributed by atoms with Gasteiger partial charge in [0.15, 0.2) is 0 Å². The molecule has 0 fully saturated rings. The van der Waals surface area contributed by atoms with Crippen LogP contribution in [0.15, 0.2) is 28.1 Å². The van der Waals surface area contributed by atoms with E-state index in [4.69, 9.17) is 0 Å². The molecule has 0 unspecified atom stereocenters. The molecule has 0 amide bonds. The highest BCUT2D eigenvalue weighted by molar-refractivity contribution is 8.34. The largest absolute Gasteiger partial charge is 0.0846 e. The number of hydrogen-bond donors (Lipinski definition) is 0. The van der Waals surface area contributed by atoms with Gasteiger partial charge in [0.2, 0.25) is 0 Å². The van der Waals surface area contributed by atoms with Crippen molar-refractivity contribution in [3.8, 4) is 0 Å². The Kier molecular flexibility index (Phi) is 4.51. The van der Waals surface area contributed by atoms with Crippen molar-refractivity contribution in [2.75, 3.05) is 0 Å².